The van der Waals surface area contributed by atoms with E-state index in [2.05, 4.69) is 55.9 Å². The molecule has 1 aromatic carbocycles. The van der Waals surface area contributed by atoms with E-state index in [1.54, 1.807) is 0 Å². The predicted octanol–water partition coefficient (Wildman–Crippen LogP) is 2.80. The fourth-order valence-electron chi connectivity index (χ4n) is 3.15. The third kappa shape index (κ3) is 2.99. The van der Waals surface area contributed by atoms with E-state index < -0.39 is 0 Å². The number of aryl methyl sites for hydroxylation is 1. The lowest BCUT2D eigenvalue weighted by molar-refractivity contribution is 0.184. The molecule has 0 saturated heterocycles. The number of hydrogen-bond donors (Lipinski definition) is 1. The molecule has 3 heteroatoms. The highest BCUT2D eigenvalue weighted by atomic mass is 15.2. The second kappa shape index (κ2) is 6.59. The van der Waals surface area contributed by atoms with E-state index in [0.29, 0.717) is 18.6 Å². The number of rotatable bonds is 5. The predicted molar refractivity (Wildman–Crippen MR) is 87.3 cm³/mol. The quantitative estimate of drug-likeness (QED) is 0.897. The maximum absolute atomic E-state index is 6.05. The Hall–Kier alpha value is -1.06. The second-order valence-corrected chi connectivity index (χ2v) is 6.09. The maximum atomic E-state index is 6.05. The van der Waals surface area contributed by atoms with Gasteiger partial charge in [0.25, 0.3) is 0 Å². The minimum Gasteiger partial charge on any atom is -0.374 e. The second-order valence-electron chi connectivity index (χ2n) is 6.09. The first kappa shape index (κ1) is 15.3. The summed E-state index contributed by atoms with van der Waals surface area (Å²) in [4.78, 5) is 4.77. The Morgan fingerprint density at radius 2 is 2.15 bits per heavy atom. The highest BCUT2D eigenvalue weighted by molar-refractivity contribution is 5.56. The van der Waals surface area contributed by atoms with Crippen LogP contribution < -0.4 is 10.6 Å². The first-order valence-corrected chi connectivity index (χ1v) is 7.84. The highest BCUT2D eigenvalue weighted by Crippen LogP contribution is 2.30. The summed E-state index contributed by atoms with van der Waals surface area (Å²) in [5.41, 5.74) is 10.3. The minimum absolute atomic E-state index is 0.322. The van der Waals surface area contributed by atoms with Gasteiger partial charge in [-0.3, -0.25) is 4.90 Å². The molecule has 0 saturated carbocycles. The summed E-state index contributed by atoms with van der Waals surface area (Å²) in [5.74, 6) is 0. The van der Waals surface area contributed by atoms with Crippen LogP contribution in [0.3, 0.4) is 0 Å². The average Bonchev–Trinajstić information content (AvgIpc) is 2.47. The topological polar surface area (TPSA) is 32.5 Å². The Balaban J connectivity index is 2.27. The van der Waals surface area contributed by atoms with Crippen molar-refractivity contribution in [2.24, 2.45) is 5.73 Å². The van der Waals surface area contributed by atoms with Crippen LogP contribution in [0, 0.1) is 0 Å². The number of fused-ring (bicyclic) bond motifs is 1. The molecule has 2 atom stereocenters. The molecule has 1 heterocycles. The van der Waals surface area contributed by atoms with Crippen LogP contribution in [-0.4, -0.2) is 38.1 Å². The van der Waals surface area contributed by atoms with Crippen LogP contribution >= 0.6 is 0 Å². The van der Waals surface area contributed by atoms with Crippen molar-refractivity contribution in [3.8, 4) is 0 Å². The third-order valence-electron chi connectivity index (χ3n) is 4.84. The average molecular weight is 275 g/mol. The van der Waals surface area contributed by atoms with Crippen LogP contribution in [0.2, 0.25) is 0 Å². The van der Waals surface area contributed by atoms with E-state index in [1.807, 2.05) is 0 Å². The van der Waals surface area contributed by atoms with Gasteiger partial charge in [0, 0.05) is 37.9 Å². The number of anilines is 1. The van der Waals surface area contributed by atoms with E-state index in [4.69, 9.17) is 5.73 Å². The van der Waals surface area contributed by atoms with Gasteiger partial charge in [-0.15, -0.1) is 0 Å². The van der Waals surface area contributed by atoms with Crippen molar-refractivity contribution in [1.29, 1.82) is 0 Å². The van der Waals surface area contributed by atoms with Crippen molar-refractivity contribution in [1.82, 2.24) is 4.90 Å². The monoisotopic (exact) mass is 275 g/mol. The Morgan fingerprint density at radius 3 is 2.80 bits per heavy atom. The number of benzene rings is 1. The van der Waals surface area contributed by atoms with Crippen LogP contribution in [-0.2, 0) is 6.42 Å². The largest absolute Gasteiger partial charge is 0.374 e. The SMILES string of the molecule is CCC(C)N(C)C(CN)c1ccc2c(c1)CCCN2C. The zero-order valence-corrected chi connectivity index (χ0v) is 13.4. The van der Waals surface area contributed by atoms with E-state index in [0.717, 1.165) is 6.42 Å². The number of nitrogens with two attached hydrogens (primary N) is 1. The van der Waals surface area contributed by atoms with E-state index in [9.17, 15) is 0 Å². The molecule has 0 amide bonds. The Bertz CT molecular complexity index is 444. The summed E-state index contributed by atoms with van der Waals surface area (Å²) in [5, 5.41) is 0. The maximum Gasteiger partial charge on any atom is 0.0470 e. The molecule has 0 radical (unpaired) electrons. The van der Waals surface area contributed by atoms with Crippen LogP contribution in [0.15, 0.2) is 18.2 Å². The fourth-order valence-corrected chi connectivity index (χ4v) is 3.15. The molecule has 0 fully saturated rings. The Labute approximate surface area is 123 Å². The molecular formula is C17H29N3. The zero-order valence-electron chi connectivity index (χ0n) is 13.4. The van der Waals surface area contributed by atoms with Crippen LogP contribution in [0.5, 0.6) is 0 Å². The van der Waals surface area contributed by atoms with E-state index in [1.165, 1.54) is 36.2 Å². The van der Waals surface area contributed by atoms with Crippen LogP contribution in [0.25, 0.3) is 0 Å². The molecular weight excluding hydrogens is 246 g/mol. The molecule has 0 aliphatic carbocycles. The Morgan fingerprint density at radius 1 is 1.40 bits per heavy atom. The van der Waals surface area contributed by atoms with Gasteiger partial charge >= 0.3 is 0 Å². The van der Waals surface area contributed by atoms with Gasteiger partial charge in [0.2, 0.25) is 0 Å². The fraction of sp³-hybridized carbons (Fsp3) is 0.647. The number of hydrogen-bond acceptors (Lipinski definition) is 3. The summed E-state index contributed by atoms with van der Waals surface area (Å²) < 4.78 is 0. The molecule has 2 unspecified atom stereocenters. The van der Waals surface area contributed by atoms with Crippen molar-refractivity contribution < 1.29 is 0 Å². The Kier molecular flexibility index (Phi) is 5.06. The first-order chi connectivity index (χ1) is 9.58. The lowest BCUT2D eigenvalue weighted by Crippen LogP contribution is -2.37. The van der Waals surface area contributed by atoms with Gasteiger partial charge < -0.3 is 10.6 Å². The summed E-state index contributed by atoms with van der Waals surface area (Å²) in [6.07, 6.45) is 3.60. The third-order valence-corrected chi connectivity index (χ3v) is 4.84. The smallest absolute Gasteiger partial charge is 0.0470 e. The molecule has 1 aliphatic rings. The molecule has 3 nitrogen and oxygen atoms in total. The minimum atomic E-state index is 0.322. The van der Waals surface area contributed by atoms with Crippen molar-refractivity contribution in [2.45, 2.75) is 45.2 Å². The van der Waals surface area contributed by atoms with Gasteiger partial charge in [-0.25, -0.2) is 0 Å². The van der Waals surface area contributed by atoms with Crippen LogP contribution in [0.4, 0.5) is 5.69 Å². The summed E-state index contributed by atoms with van der Waals surface area (Å²) in [6.45, 7) is 6.35. The molecule has 20 heavy (non-hydrogen) atoms. The lowest BCUT2D eigenvalue weighted by Gasteiger charge is -2.34. The van der Waals surface area contributed by atoms with Crippen molar-refractivity contribution in [3.05, 3.63) is 29.3 Å². The van der Waals surface area contributed by atoms with Gasteiger partial charge in [-0.05, 0) is 50.4 Å². The standard InChI is InChI=1S/C17H29N3/c1-5-13(2)20(4)17(12-18)15-8-9-16-14(11-15)7-6-10-19(16)3/h8-9,11,13,17H,5-7,10,12,18H2,1-4H3. The highest BCUT2D eigenvalue weighted by Gasteiger charge is 2.21. The molecule has 1 aliphatic heterocycles. The van der Waals surface area contributed by atoms with Gasteiger partial charge in [-0.2, -0.15) is 0 Å². The van der Waals surface area contributed by atoms with Gasteiger partial charge in [0.15, 0.2) is 0 Å². The normalized spacial score (nSPS) is 18.0. The lowest BCUT2D eigenvalue weighted by atomic mass is 9.95. The first-order valence-electron chi connectivity index (χ1n) is 7.84. The number of likely N-dealkylation sites (N-methyl/N-ethyl adjacent to an activating group) is 1. The van der Waals surface area contributed by atoms with Gasteiger partial charge in [0.05, 0.1) is 0 Å². The van der Waals surface area contributed by atoms with Crippen molar-refractivity contribution in [3.63, 3.8) is 0 Å². The van der Waals surface area contributed by atoms with E-state index in [-0.39, 0.29) is 0 Å². The molecule has 112 valence electrons. The molecule has 1 aromatic rings. The summed E-state index contributed by atoms with van der Waals surface area (Å²) in [6, 6.07) is 7.79. The summed E-state index contributed by atoms with van der Waals surface area (Å²) in [7, 11) is 4.38. The summed E-state index contributed by atoms with van der Waals surface area (Å²) >= 11 is 0. The molecule has 2 N–H and O–H groups in total. The van der Waals surface area contributed by atoms with Crippen molar-refractivity contribution >= 4 is 5.69 Å². The van der Waals surface area contributed by atoms with Crippen molar-refractivity contribution in [2.75, 3.05) is 32.1 Å². The van der Waals surface area contributed by atoms with Crippen LogP contribution in [0.1, 0.15) is 43.9 Å². The van der Waals surface area contributed by atoms with Gasteiger partial charge in [0.1, 0.15) is 0 Å². The molecule has 2 rings (SSSR count). The number of nitrogens with zero attached hydrogens (tertiary/aromatic N) is 2. The van der Waals surface area contributed by atoms with Gasteiger partial charge in [-0.1, -0.05) is 19.1 Å². The molecule has 0 aromatic heterocycles. The van der Waals surface area contributed by atoms with E-state index >= 15 is 0 Å². The zero-order chi connectivity index (χ0) is 14.7. The molecule has 0 bridgehead atoms. The molecule has 0 spiro atoms.